The molecule has 130 valence electrons. The molecule has 0 heterocycles. The average molecular weight is 329 g/mol. The van der Waals surface area contributed by atoms with E-state index in [2.05, 4.69) is 17.0 Å². The van der Waals surface area contributed by atoms with Crippen molar-refractivity contribution in [3.8, 4) is 0 Å². The number of hydrogen-bond donors (Lipinski definition) is 2. The number of rotatable bonds is 15. The second-order valence-electron chi connectivity index (χ2n) is 6.64. The normalized spacial score (nSPS) is 15.7. The lowest BCUT2D eigenvalue weighted by Gasteiger charge is -2.16. The van der Waals surface area contributed by atoms with Crippen molar-refractivity contribution >= 4 is 17.9 Å². The lowest BCUT2D eigenvalue weighted by molar-refractivity contribution is -0.123. The summed E-state index contributed by atoms with van der Waals surface area (Å²) in [5, 5.41) is 3.88. The van der Waals surface area contributed by atoms with Crippen molar-refractivity contribution in [2.75, 3.05) is 13.6 Å². The van der Waals surface area contributed by atoms with Gasteiger partial charge in [-0.3, -0.25) is 9.52 Å². The third-order valence-corrected chi connectivity index (χ3v) is 5.48. The Bertz CT molecular complexity index is 282. The van der Waals surface area contributed by atoms with Crippen molar-refractivity contribution in [3.63, 3.8) is 0 Å². The van der Waals surface area contributed by atoms with Crippen molar-refractivity contribution in [1.82, 2.24) is 10.0 Å². The predicted molar refractivity (Wildman–Crippen MR) is 98.0 cm³/mol. The molecule has 1 fully saturated rings. The molecule has 0 radical (unpaired) electrons. The van der Waals surface area contributed by atoms with Crippen LogP contribution in [0.25, 0.3) is 0 Å². The van der Waals surface area contributed by atoms with Crippen LogP contribution in [0.2, 0.25) is 0 Å². The van der Waals surface area contributed by atoms with Gasteiger partial charge >= 0.3 is 0 Å². The Kier molecular flexibility index (Phi) is 11.9. The highest BCUT2D eigenvalue weighted by molar-refractivity contribution is 7.98. The molecule has 0 spiro atoms. The smallest absolute Gasteiger partial charge is 0.232 e. The fourth-order valence-corrected chi connectivity index (χ4v) is 3.50. The van der Waals surface area contributed by atoms with Crippen LogP contribution in [0.15, 0.2) is 0 Å². The van der Waals surface area contributed by atoms with E-state index < -0.39 is 0 Å². The van der Waals surface area contributed by atoms with Gasteiger partial charge in [0.1, 0.15) is 0 Å². The lowest BCUT2D eigenvalue weighted by atomic mass is 9.94. The standard InChI is InChI=1S/C18H36N2OS/c1-3-4-5-6-7-8-11-16(12-9-10-15-19-2)18(21)20-22-17-13-14-17/h16-17,19H,3-15H2,1-2H3,(H,20,21)/t16-/m0/s1. The highest BCUT2D eigenvalue weighted by Gasteiger charge is 2.25. The Morgan fingerprint density at radius 3 is 2.32 bits per heavy atom. The molecular formula is C18H36N2OS. The summed E-state index contributed by atoms with van der Waals surface area (Å²) in [5.74, 6) is 0.518. The zero-order valence-electron chi connectivity index (χ0n) is 14.7. The van der Waals surface area contributed by atoms with Gasteiger partial charge in [-0.15, -0.1) is 0 Å². The molecule has 0 aliphatic heterocycles. The van der Waals surface area contributed by atoms with Gasteiger partial charge in [-0.25, -0.2) is 0 Å². The van der Waals surface area contributed by atoms with Crippen molar-refractivity contribution in [3.05, 3.63) is 0 Å². The minimum absolute atomic E-state index is 0.231. The zero-order chi connectivity index (χ0) is 16.0. The van der Waals surface area contributed by atoms with Crippen LogP contribution in [-0.4, -0.2) is 24.7 Å². The molecule has 1 atom stereocenters. The SMILES string of the molecule is CCCCCCCC[C@@H](CCCCNC)C(=O)NSC1CC1. The van der Waals surface area contributed by atoms with E-state index >= 15 is 0 Å². The first-order valence-corrected chi connectivity index (χ1v) is 10.3. The maximum Gasteiger partial charge on any atom is 0.232 e. The number of amides is 1. The Labute approximate surface area is 141 Å². The molecule has 0 aromatic carbocycles. The van der Waals surface area contributed by atoms with E-state index in [1.807, 2.05) is 7.05 Å². The summed E-state index contributed by atoms with van der Waals surface area (Å²) < 4.78 is 3.11. The highest BCUT2D eigenvalue weighted by Crippen LogP contribution is 2.32. The van der Waals surface area contributed by atoms with Crippen LogP contribution in [0.3, 0.4) is 0 Å². The Balaban J connectivity index is 2.17. The molecule has 1 aliphatic rings. The summed E-state index contributed by atoms with van der Waals surface area (Å²) in [6.07, 6.45) is 14.8. The van der Waals surface area contributed by atoms with Crippen LogP contribution in [0.4, 0.5) is 0 Å². The van der Waals surface area contributed by atoms with Gasteiger partial charge in [0.05, 0.1) is 0 Å². The molecule has 1 amide bonds. The van der Waals surface area contributed by atoms with Crippen LogP contribution in [0.1, 0.15) is 84.0 Å². The molecule has 0 bridgehead atoms. The van der Waals surface area contributed by atoms with E-state index in [0.717, 1.165) is 25.8 Å². The van der Waals surface area contributed by atoms with Crippen molar-refractivity contribution in [1.29, 1.82) is 0 Å². The summed E-state index contributed by atoms with van der Waals surface area (Å²) in [7, 11) is 1.99. The van der Waals surface area contributed by atoms with E-state index in [4.69, 9.17) is 0 Å². The number of carbonyl (C=O) groups is 1. The molecular weight excluding hydrogens is 292 g/mol. The van der Waals surface area contributed by atoms with Gasteiger partial charge in [-0.1, -0.05) is 51.9 Å². The molecule has 4 heteroatoms. The monoisotopic (exact) mass is 328 g/mol. The zero-order valence-corrected chi connectivity index (χ0v) is 15.5. The van der Waals surface area contributed by atoms with Gasteiger partial charge < -0.3 is 5.32 Å². The molecule has 0 aromatic heterocycles. The Hall–Kier alpha value is -0.220. The Morgan fingerprint density at radius 2 is 1.68 bits per heavy atom. The van der Waals surface area contributed by atoms with E-state index in [1.54, 1.807) is 11.9 Å². The van der Waals surface area contributed by atoms with Crippen LogP contribution in [0.5, 0.6) is 0 Å². The van der Waals surface area contributed by atoms with Gasteiger partial charge in [0.15, 0.2) is 0 Å². The largest absolute Gasteiger partial charge is 0.320 e. The minimum atomic E-state index is 0.231. The molecule has 0 saturated heterocycles. The van der Waals surface area contributed by atoms with Gasteiger partial charge in [-0.05, 0) is 57.6 Å². The molecule has 22 heavy (non-hydrogen) atoms. The van der Waals surface area contributed by atoms with Crippen molar-refractivity contribution in [2.24, 2.45) is 5.92 Å². The topological polar surface area (TPSA) is 41.1 Å². The van der Waals surface area contributed by atoms with Gasteiger partial charge in [0, 0.05) is 11.2 Å². The molecule has 3 nitrogen and oxygen atoms in total. The first kappa shape index (κ1) is 19.8. The van der Waals surface area contributed by atoms with E-state index in [0.29, 0.717) is 5.25 Å². The molecule has 2 N–H and O–H groups in total. The maximum atomic E-state index is 12.4. The van der Waals surface area contributed by atoms with Crippen LogP contribution in [0, 0.1) is 5.92 Å². The minimum Gasteiger partial charge on any atom is -0.320 e. The molecule has 0 unspecified atom stereocenters. The summed E-state index contributed by atoms with van der Waals surface area (Å²) >= 11 is 1.66. The summed E-state index contributed by atoms with van der Waals surface area (Å²) in [6.45, 7) is 3.31. The number of carbonyl (C=O) groups excluding carboxylic acids is 1. The fourth-order valence-electron chi connectivity index (χ4n) is 2.68. The second-order valence-corrected chi connectivity index (χ2v) is 7.74. The lowest BCUT2D eigenvalue weighted by Crippen LogP contribution is -2.26. The quantitative estimate of drug-likeness (QED) is 0.339. The molecule has 1 aliphatic carbocycles. The maximum absolute atomic E-state index is 12.4. The predicted octanol–water partition coefficient (Wildman–Crippen LogP) is 4.67. The fraction of sp³-hybridized carbons (Fsp3) is 0.944. The van der Waals surface area contributed by atoms with Gasteiger partial charge in [0.2, 0.25) is 5.91 Å². The van der Waals surface area contributed by atoms with E-state index in [9.17, 15) is 4.79 Å². The number of unbranched alkanes of at least 4 members (excludes halogenated alkanes) is 6. The van der Waals surface area contributed by atoms with Gasteiger partial charge in [0.25, 0.3) is 0 Å². The Morgan fingerprint density at radius 1 is 1.05 bits per heavy atom. The van der Waals surface area contributed by atoms with Crippen molar-refractivity contribution < 1.29 is 4.79 Å². The molecule has 1 saturated carbocycles. The first-order valence-electron chi connectivity index (χ1n) is 9.38. The first-order chi connectivity index (χ1) is 10.8. The summed E-state index contributed by atoms with van der Waals surface area (Å²) in [5.41, 5.74) is 0. The summed E-state index contributed by atoms with van der Waals surface area (Å²) in [4.78, 5) is 12.4. The molecule has 0 aromatic rings. The second kappa shape index (κ2) is 13.2. The highest BCUT2D eigenvalue weighted by atomic mass is 32.2. The average Bonchev–Trinajstić information content (AvgIpc) is 3.34. The third-order valence-electron chi connectivity index (χ3n) is 4.36. The van der Waals surface area contributed by atoms with Crippen LogP contribution < -0.4 is 10.0 Å². The van der Waals surface area contributed by atoms with E-state index in [-0.39, 0.29) is 11.8 Å². The van der Waals surface area contributed by atoms with Crippen molar-refractivity contribution in [2.45, 2.75) is 89.2 Å². The van der Waals surface area contributed by atoms with Crippen LogP contribution >= 0.6 is 11.9 Å². The van der Waals surface area contributed by atoms with E-state index in [1.165, 1.54) is 57.8 Å². The summed E-state index contributed by atoms with van der Waals surface area (Å²) in [6, 6.07) is 0. The van der Waals surface area contributed by atoms with Gasteiger partial charge in [-0.2, -0.15) is 0 Å². The molecule has 1 rings (SSSR count). The number of hydrogen-bond acceptors (Lipinski definition) is 3. The number of nitrogens with one attached hydrogen (secondary N) is 2. The van der Waals surface area contributed by atoms with Crippen LogP contribution in [-0.2, 0) is 4.79 Å². The third kappa shape index (κ3) is 10.5.